The fourth-order valence-corrected chi connectivity index (χ4v) is 0.336. The first-order valence-electron chi connectivity index (χ1n) is 4.63. The molecule has 10 nitrogen and oxygen atoms in total. The summed E-state index contributed by atoms with van der Waals surface area (Å²) in [4.78, 5) is 9.69. The van der Waals surface area contributed by atoms with Crippen LogP contribution in [0.4, 0.5) is 0 Å². The van der Waals surface area contributed by atoms with Gasteiger partial charge < -0.3 is 22.5 Å². The molecule has 0 radical (unpaired) electrons. The maximum absolute atomic E-state index is 7.92. The van der Waals surface area contributed by atoms with Crippen molar-refractivity contribution in [3.63, 3.8) is 0 Å². The molecule has 0 aliphatic heterocycles. The number of nitriles is 3. The predicted molar refractivity (Wildman–Crippen MR) is 72.1 cm³/mol. The molecule has 0 fully saturated rings. The third-order valence-electron chi connectivity index (χ3n) is 0.794. The standard InChI is InChI=1S/C4H7N5.C3H5N3.C2H4N2/c1-3(6)9-4(7)8-2-5;1-3(5)6-2-4;1-4-2-3/h1H3,(H4,6,7,8,9);1H3,(H2,5,6);4H,1H3. The van der Waals surface area contributed by atoms with E-state index in [1.807, 2.05) is 0 Å². The molecule has 0 aromatic heterocycles. The Labute approximate surface area is 111 Å². The molecule has 102 valence electrons. The Morgan fingerprint density at radius 2 is 1.37 bits per heavy atom. The first-order valence-corrected chi connectivity index (χ1v) is 4.63. The molecular formula is C9H16N10. The Balaban J connectivity index is -0.000000222. The van der Waals surface area contributed by atoms with Gasteiger partial charge in [-0.3, -0.25) is 0 Å². The molecular weight excluding hydrogens is 248 g/mol. The summed E-state index contributed by atoms with van der Waals surface area (Å²) < 4.78 is 0. The number of rotatable bonds is 0. The van der Waals surface area contributed by atoms with Crippen molar-refractivity contribution in [3.8, 4) is 18.6 Å². The van der Waals surface area contributed by atoms with E-state index in [0.717, 1.165) is 0 Å². The lowest BCUT2D eigenvalue weighted by Gasteiger charge is -1.86. The van der Waals surface area contributed by atoms with Crippen LogP contribution in [0.2, 0.25) is 0 Å². The zero-order chi connectivity index (χ0) is 15.7. The summed E-state index contributed by atoms with van der Waals surface area (Å²) in [6, 6.07) is 0. The van der Waals surface area contributed by atoms with E-state index in [1.54, 1.807) is 27.1 Å². The van der Waals surface area contributed by atoms with Crippen molar-refractivity contribution in [1.82, 2.24) is 5.32 Å². The number of hydrogen-bond donors (Lipinski definition) is 4. The molecule has 0 saturated carbocycles. The predicted octanol–water partition coefficient (Wildman–Crippen LogP) is -1.31. The average Bonchev–Trinajstić information content (AvgIpc) is 2.29. The molecule has 0 aliphatic rings. The largest absolute Gasteiger partial charge is 0.387 e. The van der Waals surface area contributed by atoms with Crippen LogP contribution in [0.15, 0.2) is 15.0 Å². The van der Waals surface area contributed by atoms with Crippen molar-refractivity contribution in [2.45, 2.75) is 13.8 Å². The Bertz CT molecular complexity index is 431. The van der Waals surface area contributed by atoms with Crippen molar-refractivity contribution in [3.05, 3.63) is 0 Å². The van der Waals surface area contributed by atoms with Crippen LogP contribution in [0.25, 0.3) is 0 Å². The quantitative estimate of drug-likeness (QED) is 0.180. The third-order valence-corrected chi connectivity index (χ3v) is 0.794. The molecule has 0 spiro atoms. The highest BCUT2D eigenvalue weighted by atomic mass is 15.1. The van der Waals surface area contributed by atoms with Crippen molar-refractivity contribution in [1.29, 1.82) is 15.8 Å². The van der Waals surface area contributed by atoms with Gasteiger partial charge >= 0.3 is 0 Å². The van der Waals surface area contributed by atoms with Gasteiger partial charge in [-0.05, 0) is 13.8 Å². The summed E-state index contributed by atoms with van der Waals surface area (Å²) in [7, 11) is 1.57. The minimum atomic E-state index is -0.113. The fourth-order valence-electron chi connectivity index (χ4n) is 0.336. The van der Waals surface area contributed by atoms with E-state index in [0.29, 0.717) is 5.84 Å². The number of aliphatic imine (C=N–C) groups is 3. The second kappa shape index (κ2) is 17.1. The first-order chi connectivity index (χ1) is 8.85. The zero-order valence-corrected chi connectivity index (χ0v) is 10.9. The Kier molecular flexibility index (Phi) is 18.9. The van der Waals surface area contributed by atoms with Gasteiger partial charge in [0.1, 0.15) is 5.84 Å². The van der Waals surface area contributed by atoms with Crippen molar-refractivity contribution >= 4 is 17.6 Å². The van der Waals surface area contributed by atoms with Gasteiger partial charge in [0.15, 0.2) is 6.19 Å². The van der Waals surface area contributed by atoms with Crippen molar-refractivity contribution < 1.29 is 0 Å². The monoisotopic (exact) mass is 264 g/mol. The van der Waals surface area contributed by atoms with Crippen molar-refractivity contribution in [2.75, 3.05) is 7.05 Å². The summed E-state index contributed by atoms with van der Waals surface area (Å²) in [6.07, 6.45) is 4.68. The van der Waals surface area contributed by atoms with Gasteiger partial charge in [0.2, 0.25) is 18.3 Å². The van der Waals surface area contributed by atoms with Gasteiger partial charge in [0.25, 0.3) is 0 Å². The lowest BCUT2D eigenvalue weighted by Crippen LogP contribution is -2.15. The van der Waals surface area contributed by atoms with E-state index in [9.17, 15) is 0 Å². The highest BCUT2D eigenvalue weighted by molar-refractivity contribution is 5.93. The number of nitrogens with one attached hydrogen (secondary N) is 1. The minimum absolute atomic E-state index is 0.113. The van der Waals surface area contributed by atoms with Gasteiger partial charge in [0.05, 0.1) is 5.84 Å². The smallest absolute Gasteiger partial charge is 0.232 e. The number of guanidine groups is 1. The summed E-state index contributed by atoms with van der Waals surface area (Å²) >= 11 is 0. The molecule has 0 rings (SSSR count). The molecule has 0 aromatic carbocycles. The molecule has 0 saturated heterocycles. The fraction of sp³-hybridized carbons (Fsp3) is 0.333. The van der Waals surface area contributed by atoms with E-state index in [1.165, 1.54) is 12.4 Å². The summed E-state index contributed by atoms with van der Waals surface area (Å²) in [5, 5.41) is 25.4. The highest BCUT2D eigenvalue weighted by Gasteiger charge is 1.83. The van der Waals surface area contributed by atoms with Crippen LogP contribution in [-0.4, -0.2) is 24.7 Å². The lowest BCUT2D eigenvalue weighted by atomic mass is 10.7. The molecule has 0 bridgehead atoms. The highest BCUT2D eigenvalue weighted by Crippen LogP contribution is 1.70. The normalized spacial score (nSPS) is 10.2. The maximum atomic E-state index is 7.92. The molecule has 7 N–H and O–H groups in total. The van der Waals surface area contributed by atoms with Gasteiger partial charge in [-0.1, -0.05) is 0 Å². The molecule has 0 aliphatic carbocycles. The second-order valence-electron chi connectivity index (χ2n) is 2.54. The maximum Gasteiger partial charge on any atom is 0.232 e. The van der Waals surface area contributed by atoms with Crippen LogP contribution >= 0.6 is 0 Å². The SMILES string of the molecule is CC(N)=NC#N.CC(N)=NC(N)=NC#N.CNC#N. The number of amidine groups is 2. The summed E-state index contributed by atoms with van der Waals surface area (Å²) in [5.41, 5.74) is 15.1. The van der Waals surface area contributed by atoms with Crippen LogP contribution in [0, 0.1) is 34.4 Å². The van der Waals surface area contributed by atoms with E-state index < -0.39 is 0 Å². The summed E-state index contributed by atoms with van der Waals surface area (Å²) in [5.74, 6) is 0.474. The molecule has 0 unspecified atom stereocenters. The molecule has 0 aromatic rings. The van der Waals surface area contributed by atoms with Crippen LogP contribution in [0.5, 0.6) is 0 Å². The van der Waals surface area contributed by atoms with Gasteiger partial charge in [-0.25, -0.2) is 4.99 Å². The van der Waals surface area contributed by atoms with Crippen LogP contribution in [0.3, 0.4) is 0 Å². The van der Waals surface area contributed by atoms with Crippen LogP contribution in [0.1, 0.15) is 13.8 Å². The minimum Gasteiger partial charge on any atom is -0.387 e. The topological polar surface area (TPSA) is 199 Å². The second-order valence-corrected chi connectivity index (χ2v) is 2.54. The molecule has 10 heteroatoms. The third kappa shape index (κ3) is 40.0. The summed E-state index contributed by atoms with van der Waals surface area (Å²) in [6.45, 7) is 3.11. The lowest BCUT2D eigenvalue weighted by molar-refractivity contribution is 1.11. The van der Waals surface area contributed by atoms with Gasteiger partial charge in [0, 0.05) is 7.05 Å². The molecule has 0 atom stereocenters. The van der Waals surface area contributed by atoms with Crippen LogP contribution < -0.4 is 22.5 Å². The molecule has 19 heavy (non-hydrogen) atoms. The van der Waals surface area contributed by atoms with Gasteiger partial charge in [-0.2, -0.15) is 20.8 Å². The number of hydrogen-bond acceptors (Lipinski definition) is 6. The first kappa shape index (κ1) is 21.0. The van der Waals surface area contributed by atoms with Gasteiger partial charge in [-0.15, -0.1) is 4.99 Å². The van der Waals surface area contributed by atoms with Crippen molar-refractivity contribution in [2.24, 2.45) is 32.2 Å². The Morgan fingerprint density at radius 1 is 0.947 bits per heavy atom. The Hall–Kier alpha value is -3.32. The van der Waals surface area contributed by atoms with E-state index >= 15 is 0 Å². The van der Waals surface area contributed by atoms with E-state index in [2.05, 4.69) is 20.3 Å². The number of nitrogens with two attached hydrogens (primary N) is 3. The molecule has 0 amide bonds. The average molecular weight is 264 g/mol. The zero-order valence-electron chi connectivity index (χ0n) is 10.9. The van der Waals surface area contributed by atoms with Crippen LogP contribution in [-0.2, 0) is 0 Å². The Morgan fingerprint density at radius 3 is 1.53 bits per heavy atom. The van der Waals surface area contributed by atoms with E-state index in [4.69, 9.17) is 33.0 Å². The number of nitrogens with zero attached hydrogens (tertiary/aromatic N) is 6. The molecule has 0 heterocycles. The van der Waals surface area contributed by atoms with E-state index in [-0.39, 0.29) is 11.8 Å².